The van der Waals surface area contributed by atoms with Gasteiger partial charge in [-0.25, -0.2) is 8.78 Å². The van der Waals surface area contributed by atoms with Crippen molar-refractivity contribution < 1.29 is 13.6 Å². The third-order valence-electron chi connectivity index (χ3n) is 2.97. The second kappa shape index (κ2) is 8.19. The van der Waals surface area contributed by atoms with Gasteiger partial charge in [-0.2, -0.15) is 0 Å². The molecular formula is C16H15ClF2N2OS. The Kier molecular flexibility index (Phi) is 6.27. The van der Waals surface area contributed by atoms with E-state index >= 15 is 0 Å². The Balaban J connectivity index is 1.98. The van der Waals surface area contributed by atoms with E-state index in [1.54, 1.807) is 12.1 Å². The monoisotopic (exact) mass is 356 g/mol. The molecule has 122 valence electrons. The molecule has 0 bridgehead atoms. The summed E-state index contributed by atoms with van der Waals surface area (Å²) in [6.07, 6.45) is 1.68. The Morgan fingerprint density at radius 1 is 1.35 bits per heavy atom. The van der Waals surface area contributed by atoms with Crippen molar-refractivity contribution in [2.75, 3.05) is 18.4 Å². The zero-order chi connectivity index (χ0) is 16.8. The van der Waals surface area contributed by atoms with Gasteiger partial charge in [0.05, 0.1) is 16.6 Å². The molecule has 1 amide bonds. The molecule has 0 aliphatic heterocycles. The lowest BCUT2D eigenvalue weighted by molar-refractivity contribution is -0.117. The van der Waals surface area contributed by atoms with Crippen LogP contribution in [0.2, 0.25) is 4.34 Å². The van der Waals surface area contributed by atoms with Gasteiger partial charge in [0.15, 0.2) is 0 Å². The minimum atomic E-state index is -0.807. The van der Waals surface area contributed by atoms with Crippen LogP contribution in [0, 0.1) is 11.6 Å². The predicted molar refractivity (Wildman–Crippen MR) is 89.8 cm³/mol. The summed E-state index contributed by atoms with van der Waals surface area (Å²) in [5.74, 6) is -1.89. The Morgan fingerprint density at radius 3 is 2.74 bits per heavy atom. The Labute approximate surface area is 142 Å². The lowest BCUT2D eigenvalue weighted by atomic mass is 10.3. The van der Waals surface area contributed by atoms with Gasteiger partial charge in [0.1, 0.15) is 11.6 Å². The van der Waals surface area contributed by atoms with Gasteiger partial charge in [0, 0.05) is 24.0 Å². The lowest BCUT2D eigenvalue weighted by Crippen LogP contribution is -2.33. The molecule has 2 rings (SSSR count). The molecule has 0 saturated heterocycles. The maximum atomic E-state index is 13.5. The molecule has 23 heavy (non-hydrogen) atoms. The van der Waals surface area contributed by atoms with Crippen molar-refractivity contribution in [2.24, 2.45) is 0 Å². The normalized spacial score (nSPS) is 10.8. The first kappa shape index (κ1) is 17.6. The van der Waals surface area contributed by atoms with E-state index in [2.05, 4.69) is 11.9 Å². The highest BCUT2D eigenvalue weighted by molar-refractivity contribution is 7.16. The number of hydrogen-bond donors (Lipinski definition) is 1. The minimum absolute atomic E-state index is 0.0471. The smallest absolute Gasteiger partial charge is 0.238 e. The fourth-order valence-electron chi connectivity index (χ4n) is 2.01. The second-order valence-electron chi connectivity index (χ2n) is 4.84. The van der Waals surface area contributed by atoms with Crippen molar-refractivity contribution in [2.45, 2.75) is 6.54 Å². The van der Waals surface area contributed by atoms with Crippen LogP contribution in [0.15, 0.2) is 43.0 Å². The molecule has 0 fully saturated rings. The van der Waals surface area contributed by atoms with Crippen LogP contribution in [0.1, 0.15) is 4.88 Å². The number of amides is 1. The van der Waals surface area contributed by atoms with Gasteiger partial charge in [-0.1, -0.05) is 17.7 Å². The summed E-state index contributed by atoms with van der Waals surface area (Å²) in [7, 11) is 0. The number of carbonyl (C=O) groups is 1. The first-order valence-corrected chi connectivity index (χ1v) is 7.99. The van der Waals surface area contributed by atoms with Crippen LogP contribution in [0.5, 0.6) is 0 Å². The van der Waals surface area contributed by atoms with Crippen LogP contribution in [0.4, 0.5) is 14.5 Å². The molecular weight excluding hydrogens is 342 g/mol. The van der Waals surface area contributed by atoms with Gasteiger partial charge in [-0.15, -0.1) is 17.9 Å². The van der Waals surface area contributed by atoms with E-state index in [4.69, 9.17) is 11.6 Å². The highest BCUT2D eigenvalue weighted by Gasteiger charge is 2.13. The fraction of sp³-hybridized carbons (Fsp3) is 0.188. The van der Waals surface area contributed by atoms with E-state index in [9.17, 15) is 13.6 Å². The molecule has 1 aromatic carbocycles. The Bertz CT molecular complexity index is 705. The number of hydrogen-bond acceptors (Lipinski definition) is 3. The lowest BCUT2D eigenvalue weighted by Gasteiger charge is -2.19. The summed E-state index contributed by atoms with van der Waals surface area (Å²) in [4.78, 5) is 14.9. The zero-order valence-corrected chi connectivity index (χ0v) is 13.8. The van der Waals surface area contributed by atoms with Gasteiger partial charge < -0.3 is 5.32 Å². The van der Waals surface area contributed by atoms with Crippen molar-refractivity contribution in [1.29, 1.82) is 0 Å². The highest BCUT2D eigenvalue weighted by atomic mass is 35.5. The van der Waals surface area contributed by atoms with Crippen molar-refractivity contribution in [3.05, 3.63) is 63.8 Å². The summed E-state index contributed by atoms with van der Waals surface area (Å²) >= 11 is 7.33. The van der Waals surface area contributed by atoms with Gasteiger partial charge in [-0.05, 0) is 24.3 Å². The number of anilines is 1. The van der Waals surface area contributed by atoms with Crippen LogP contribution in [-0.4, -0.2) is 23.9 Å². The maximum Gasteiger partial charge on any atom is 0.238 e. The standard InChI is InChI=1S/C16H15ClF2N2OS/c1-2-7-21(9-12-4-6-15(17)23-12)10-16(22)20-14-5-3-11(18)8-13(14)19/h2-6,8H,1,7,9-10H2,(H,20,22). The first-order valence-electron chi connectivity index (χ1n) is 6.80. The molecule has 0 aliphatic rings. The van der Waals surface area contributed by atoms with E-state index in [0.29, 0.717) is 17.4 Å². The van der Waals surface area contributed by atoms with Crippen molar-refractivity contribution >= 4 is 34.5 Å². The van der Waals surface area contributed by atoms with Gasteiger partial charge in [-0.3, -0.25) is 9.69 Å². The quantitative estimate of drug-likeness (QED) is 0.750. The zero-order valence-electron chi connectivity index (χ0n) is 12.2. The van der Waals surface area contributed by atoms with Crippen LogP contribution in [0.3, 0.4) is 0 Å². The van der Waals surface area contributed by atoms with Crippen LogP contribution in [0.25, 0.3) is 0 Å². The fourth-order valence-corrected chi connectivity index (χ4v) is 3.14. The number of benzene rings is 1. The topological polar surface area (TPSA) is 32.3 Å². The maximum absolute atomic E-state index is 13.5. The van der Waals surface area contributed by atoms with Crippen LogP contribution < -0.4 is 5.32 Å². The molecule has 0 atom stereocenters. The SMILES string of the molecule is C=CCN(CC(=O)Nc1ccc(F)cc1F)Cc1ccc(Cl)s1. The highest BCUT2D eigenvalue weighted by Crippen LogP contribution is 2.22. The van der Waals surface area contributed by atoms with Gasteiger partial charge in [0.2, 0.25) is 5.91 Å². The van der Waals surface area contributed by atoms with E-state index in [-0.39, 0.29) is 18.1 Å². The van der Waals surface area contributed by atoms with E-state index in [0.717, 1.165) is 17.0 Å². The summed E-state index contributed by atoms with van der Waals surface area (Å²) in [6.45, 7) is 4.74. The van der Waals surface area contributed by atoms with Crippen molar-refractivity contribution in [3.63, 3.8) is 0 Å². The van der Waals surface area contributed by atoms with E-state index in [1.807, 2.05) is 11.0 Å². The van der Waals surface area contributed by atoms with Crippen LogP contribution >= 0.6 is 22.9 Å². The number of nitrogens with zero attached hydrogens (tertiary/aromatic N) is 1. The van der Waals surface area contributed by atoms with Crippen molar-refractivity contribution in [1.82, 2.24) is 4.90 Å². The average molecular weight is 357 g/mol. The molecule has 1 aromatic heterocycles. The first-order chi connectivity index (χ1) is 11.0. The summed E-state index contributed by atoms with van der Waals surface area (Å²) in [5.41, 5.74) is -0.0471. The third kappa shape index (κ3) is 5.42. The predicted octanol–water partition coefficient (Wildman–Crippen LogP) is 4.31. The molecule has 1 heterocycles. The molecule has 1 N–H and O–H groups in total. The molecule has 0 radical (unpaired) electrons. The molecule has 7 heteroatoms. The van der Waals surface area contributed by atoms with E-state index in [1.165, 1.54) is 17.4 Å². The Hall–Kier alpha value is -1.76. The van der Waals surface area contributed by atoms with Crippen molar-refractivity contribution in [3.8, 4) is 0 Å². The largest absolute Gasteiger partial charge is 0.322 e. The summed E-state index contributed by atoms with van der Waals surface area (Å²) in [5, 5.41) is 2.44. The molecule has 0 spiro atoms. The third-order valence-corrected chi connectivity index (χ3v) is 4.18. The minimum Gasteiger partial charge on any atom is -0.322 e. The van der Waals surface area contributed by atoms with E-state index < -0.39 is 11.6 Å². The molecule has 3 nitrogen and oxygen atoms in total. The van der Waals surface area contributed by atoms with Crippen LogP contribution in [-0.2, 0) is 11.3 Å². The number of halogens is 3. The molecule has 0 saturated carbocycles. The molecule has 0 aliphatic carbocycles. The molecule has 2 aromatic rings. The van der Waals surface area contributed by atoms with Gasteiger partial charge >= 0.3 is 0 Å². The summed E-state index contributed by atoms with van der Waals surface area (Å²) < 4.78 is 27.1. The summed E-state index contributed by atoms with van der Waals surface area (Å²) in [6, 6.07) is 6.69. The second-order valence-corrected chi connectivity index (χ2v) is 6.64. The average Bonchev–Trinajstić information content (AvgIpc) is 2.87. The molecule has 0 unspecified atom stereocenters. The number of rotatable bonds is 7. The number of carbonyl (C=O) groups excluding carboxylic acids is 1. The number of thiophene rings is 1. The van der Waals surface area contributed by atoms with Gasteiger partial charge in [0.25, 0.3) is 0 Å². The number of nitrogens with one attached hydrogen (secondary N) is 1. The Morgan fingerprint density at radius 2 is 2.13 bits per heavy atom.